The molecule has 0 spiro atoms. The van der Waals surface area contributed by atoms with Gasteiger partial charge in [0, 0.05) is 11.5 Å². The Morgan fingerprint density at radius 2 is 1.92 bits per heavy atom. The number of nitrogens with zero attached hydrogens (tertiary/aromatic N) is 2. The Balaban J connectivity index is 2.08. The van der Waals surface area contributed by atoms with Crippen molar-refractivity contribution in [3.63, 3.8) is 0 Å². The lowest BCUT2D eigenvalue weighted by molar-refractivity contribution is -0.384. The summed E-state index contributed by atoms with van der Waals surface area (Å²) in [4.78, 5) is 14.4. The first kappa shape index (κ1) is 16.3. The number of aromatic nitrogens is 1. The van der Waals surface area contributed by atoms with Crippen LogP contribution in [-0.4, -0.2) is 9.91 Å². The van der Waals surface area contributed by atoms with Crippen LogP contribution in [0.5, 0.6) is 11.5 Å². The standard InChI is InChI=1S/C16H9BrF2N2O3/c1-8-13(6-9-2-5-12(18)15(19)16(9)20-8)24-14-7-10(21(22)23)3-4-11(14)17/h2-7H,1H3. The lowest BCUT2D eigenvalue weighted by Crippen LogP contribution is -1.96. The smallest absolute Gasteiger partial charge is 0.273 e. The van der Waals surface area contributed by atoms with Gasteiger partial charge in [-0.3, -0.25) is 10.1 Å². The third-order valence-corrected chi connectivity index (χ3v) is 4.02. The van der Waals surface area contributed by atoms with E-state index in [9.17, 15) is 18.9 Å². The van der Waals surface area contributed by atoms with Crippen LogP contribution in [-0.2, 0) is 0 Å². The summed E-state index contributed by atoms with van der Waals surface area (Å²) in [5.74, 6) is -1.51. The van der Waals surface area contributed by atoms with Gasteiger partial charge in [-0.1, -0.05) is 0 Å². The zero-order valence-electron chi connectivity index (χ0n) is 12.2. The molecule has 0 saturated carbocycles. The van der Waals surface area contributed by atoms with Gasteiger partial charge < -0.3 is 4.74 Å². The summed E-state index contributed by atoms with van der Waals surface area (Å²) in [7, 11) is 0. The van der Waals surface area contributed by atoms with Crippen molar-refractivity contribution in [2.75, 3.05) is 0 Å². The number of hydrogen-bond donors (Lipinski definition) is 0. The van der Waals surface area contributed by atoms with Gasteiger partial charge >= 0.3 is 0 Å². The maximum absolute atomic E-state index is 13.8. The van der Waals surface area contributed by atoms with E-state index in [2.05, 4.69) is 20.9 Å². The van der Waals surface area contributed by atoms with E-state index in [1.54, 1.807) is 6.92 Å². The summed E-state index contributed by atoms with van der Waals surface area (Å²) < 4.78 is 33.3. The number of ether oxygens (including phenoxy) is 1. The molecule has 3 rings (SSSR count). The number of fused-ring (bicyclic) bond motifs is 1. The van der Waals surface area contributed by atoms with Gasteiger partial charge in [0.1, 0.15) is 17.0 Å². The van der Waals surface area contributed by atoms with Gasteiger partial charge in [-0.25, -0.2) is 13.8 Å². The first-order valence-corrected chi connectivity index (χ1v) is 7.53. The molecule has 0 aliphatic rings. The number of pyridine rings is 1. The van der Waals surface area contributed by atoms with Crippen LogP contribution >= 0.6 is 15.9 Å². The second-order valence-corrected chi connectivity index (χ2v) is 5.83. The van der Waals surface area contributed by atoms with E-state index in [4.69, 9.17) is 4.74 Å². The summed E-state index contributed by atoms with van der Waals surface area (Å²) in [5, 5.41) is 11.2. The van der Waals surface area contributed by atoms with Crippen LogP contribution in [0.3, 0.4) is 0 Å². The van der Waals surface area contributed by atoms with Crippen LogP contribution < -0.4 is 4.74 Å². The van der Waals surface area contributed by atoms with E-state index in [1.165, 1.54) is 30.3 Å². The first-order valence-electron chi connectivity index (χ1n) is 6.74. The average Bonchev–Trinajstić information content (AvgIpc) is 2.54. The van der Waals surface area contributed by atoms with Crippen molar-refractivity contribution < 1.29 is 18.4 Å². The molecule has 0 aliphatic heterocycles. The van der Waals surface area contributed by atoms with Crippen LogP contribution in [0.25, 0.3) is 10.9 Å². The van der Waals surface area contributed by atoms with Crippen molar-refractivity contribution in [2.45, 2.75) is 6.92 Å². The van der Waals surface area contributed by atoms with E-state index >= 15 is 0 Å². The molecule has 122 valence electrons. The fourth-order valence-corrected chi connectivity index (χ4v) is 2.49. The fourth-order valence-electron chi connectivity index (χ4n) is 2.16. The minimum absolute atomic E-state index is 0.0991. The highest BCUT2D eigenvalue weighted by molar-refractivity contribution is 9.10. The lowest BCUT2D eigenvalue weighted by atomic mass is 10.2. The fraction of sp³-hybridized carbons (Fsp3) is 0.0625. The number of halogens is 3. The largest absolute Gasteiger partial charge is 0.454 e. The Bertz CT molecular complexity index is 979. The summed E-state index contributed by atoms with van der Waals surface area (Å²) in [5.41, 5.74) is 0.0936. The Morgan fingerprint density at radius 1 is 1.17 bits per heavy atom. The van der Waals surface area contributed by atoms with Crippen LogP contribution in [0, 0.1) is 28.7 Å². The van der Waals surface area contributed by atoms with Crippen molar-refractivity contribution in [1.29, 1.82) is 0 Å². The minimum Gasteiger partial charge on any atom is -0.454 e. The summed E-state index contributed by atoms with van der Waals surface area (Å²) >= 11 is 3.25. The van der Waals surface area contributed by atoms with Crippen molar-refractivity contribution in [2.24, 2.45) is 0 Å². The third kappa shape index (κ3) is 2.92. The Hall–Kier alpha value is -2.61. The van der Waals surface area contributed by atoms with Crippen molar-refractivity contribution in [3.8, 4) is 11.5 Å². The zero-order valence-corrected chi connectivity index (χ0v) is 13.8. The van der Waals surface area contributed by atoms with Gasteiger partial charge in [-0.05, 0) is 47.1 Å². The molecule has 0 bridgehead atoms. The van der Waals surface area contributed by atoms with Gasteiger partial charge in [0.25, 0.3) is 5.69 Å². The number of rotatable bonds is 3. The van der Waals surface area contributed by atoms with Crippen LogP contribution in [0.4, 0.5) is 14.5 Å². The monoisotopic (exact) mass is 394 g/mol. The molecule has 0 radical (unpaired) electrons. The average molecular weight is 395 g/mol. The molecule has 2 aromatic carbocycles. The van der Waals surface area contributed by atoms with E-state index in [0.717, 1.165) is 6.07 Å². The predicted octanol–water partition coefficient (Wildman–Crippen LogP) is 5.28. The summed E-state index contributed by atoms with van der Waals surface area (Å²) in [6.45, 7) is 1.57. The molecule has 0 unspecified atom stereocenters. The SMILES string of the molecule is Cc1nc2c(F)c(F)ccc2cc1Oc1cc([N+](=O)[O-])ccc1Br. The van der Waals surface area contributed by atoms with Crippen LogP contribution in [0.1, 0.15) is 5.69 Å². The van der Waals surface area contributed by atoms with Gasteiger partial charge in [0.05, 0.1) is 21.2 Å². The van der Waals surface area contributed by atoms with E-state index in [1.807, 2.05) is 0 Å². The van der Waals surface area contributed by atoms with Crippen LogP contribution in [0.2, 0.25) is 0 Å². The third-order valence-electron chi connectivity index (χ3n) is 3.37. The molecule has 0 saturated heterocycles. The molecule has 24 heavy (non-hydrogen) atoms. The second-order valence-electron chi connectivity index (χ2n) is 4.98. The lowest BCUT2D eigenvalue weighted by Gasteiger charge is -2.11. The van der Waals surface area contributed by atoms with Gasteiger partial charge in [-0.15, -0.1) is 0 Å². The van der Waals surface area contributed by atoms with Gasteiger partial charge in [0.2, 0.25) is 0 Å². The topological polar surface area (TPSA) is 65.3 Å². The van der Waals surface area contributed by atoms with Gasteiger partial charge in [-0.2, -0.15) is 0 Å². The van der Waals surface area contributed by atoms with E-state index < -0.39 is 16.6 Å². The summed E-state index contributed by atoms with van der Waals surface area (Å²) in [6.07, 6.45) is 0. The molecule has 1 aromatic heterocycles. The minimum atomic E-state index is -1.03. The Labute approximate surface area is 143 Å². The predicted molar refractivity (Wildman–Crippen MR) is 87.3 cm³/mol. The Morgan fingerprint density at radius 3 is 2.62 bits per heavy atom. The molecule has 0 amide bonds. The molecule has 0 atom stereocenters. The maximum atomic E-state index is 13.8. The molecule has 3 aromatic rings. The number of benzene rings is 2. The van der Waals surface area contributed by atoms with Crippen LogP contribution in [0.15, 0.2) is 40.9 Å². The molecule has 1 heterocycles. The highest BCUT2D eigenvalue weighted by Crippen LogP contribution is 2.35. The molecule has 0 aliphatic carbocycles. The van der Waals surface area contributed by atoms with Crippen molar-refractivity contribution >= 4 is 32.5 Å². The molecule has 5 nitrogen and oxygen atoms in total. The first-order chi connectivity index (χ1) is 11.4. The Kier molecular flexibility index (Phi) is 4.15. The summed E-state index contributed by atoms with van der Waals surface area (Å²) in [6, 6.07) is 7.98. The normalized spacial score (nSPS) is 10.8. The highest BCUT2D eigenvalue weighted by Gasteiger charge is 2.15. The number of nitro benzene ring substituents is 1. The van der Waals surface area contributed by atoms with E-state index in [0.29, 0.717) is 15.6 Å². The second kappa shape index (κ2) is 6.12. The van der Waals surface area contributed by atoms with Gasteiger partial charge in [0.15, 0.2) is 11.6 Å². The van der Waals surface area contributed by atoms with Crippen molar-refractivity contribution in [3.05, 3.63) is 68.3 Å². The number of nitro groups is 1. The molecule has 8 heteroatoms. The molecular formula is C16H9BrF2N2O3. The zero-order chi connectivity index (χ0) is 17.4. The number of aryl methyl sites for hydroxylation is 1. The number of non-ortho nitro benzene ring substituents is 1. The molecule has 0 fully saturated rings. The quantitative estimate of drug-likeness (QED) is 0.447. The number of hydrogen-bond acceptors (Lipinski definition) is 4. The maximum Gasteiger partial charge on any atom is 0.273 e. The molecule has 0 N–H and O–H groups in total. The molecular weight excluding hydrogens is 386 g/mol. The highest BCUT2D eigenvalue weighted by atomic mass is 79.9. The van der Waals surface area contributed by atoms with Crippen molar-refractivity contribution in [1.82, 2.24) is 4.98 Å². The van der Waals surface area contributed by atoms with E-state index in [-0.39, 0.29) is 22.7 Å².